The van der Waals surface area contributed by atoms with Gasteiger partial charge in [0.15, 0.2) is 0 Å². The molecule has 1 aromatic carbocycles. The normalized spacial score (nSPS) is 11.6. The molecule has 0 atom stereocenters. The monoisotopic (exact) mass is 681 g/mol. The molecule has 1 rings (SSSR count). The number of hydrogen-bond acceptors (Lipinski definition) is 0. The Kier molecular flexibility index (Phi) is 34.9. The second-order valence-corrected chi connectivity index (χ2v) is 16.5. The van der Waals surface area contributed by atoms with E-state index in [-0.39, 0.29) is 0 Å². The van der Waals surface area contributed by atoms with Crippen LogP contribution in [0.2, 0.25) is 0 Å². The third-order valence-electron chi connectivity index (χ3n) is 11.5. The highest BCUT2D eigenvalue weighted by molar-refractivity contribution is 5.39. The van der Waals surface area contributed by atoms with Crippen LogP contribution in [0.5, 0.6) is 0 Å². The SMILES string of the molecule is CCCCCCCCCCCCCCc1cc(C)cc(CCCCCCCCCCCCCC)c1CCCCCCCCCCCCCC. The summed E-state index contributed by atoms with van der Waals surface area (Å²) in [5, 5.41) is 0. The van der Waals surface area contributed by atoms with E-state index in [0.717, 1.165) is 0 Å². The van der Waals surface area contributed by atoms with Crippen LogP contribution in [0.3, 0.4) is 0 Å². The van der Waals surface area contributed by atoms with Crippen LogP contribution in [-0.2, 0) is 19.3 Å². The molecule has 0 aliphatic carbocycles. The minimum absolute atomic E-state index is 1.32. The molecule has 0 amide bonds. The maximum absolute atomic E-state index is 2.58. The standard InChI is InChI=1S/C49H92/c1-5-8-11-14-17-20-23-26-29-32-35-38-41-47-44-46(4)45-48(42-39-36-33-30-27-24-21-18-15-12-9-6-2)49(47)43-40-37-34-31-28-25-22-19-16-13-10-7-3/h44-45H,5-43H2,1-4H3. The zero-order valence-electron chi connectivity index (χ0n) is 34.7. The number of unbranched alkanes of at least 4 members (excludes halogenated alkanes) is 33. The van der Waals surface area contributed by atoms with Gasteiger partial charge in [-0.25, -0.2) is 0 Å². The molecule has 49 heavy (non-hydrogen) atoms. The van der Waals surface area contributed by atoms with E-state index in [9.17, 15) is 0 Å². The quantitative estimate of drug-likeness (QED) is 0.0607. The Hall–Kier alpha value is -0.780. The highest BCUT2D eigenvalue weighted by Gasteiger charge is 2.11. The summed E-state index contributed by atoms with van der Waals surface area (Å²) in [4.78, 5) is 0. The lowest BCUT2D eigenvalue weighted by atomic mass is 9.88. The van der Waals surface area contributed by atoms with Crippen molar-refractivity contribution >= 4 is 0 Å². The second-order valence-electron chi connectivity index (χ2n) is 16.5. The summed E-state index contributed by atoms with van der Waals surface area (Å²) in [5.41, 5.74) is 6.75. The molecule has 0 aliphatic rings. The van der Waals surface area contributed by atoms with Gasteiger partial charge in [-0.05, 0) is 62.1 Å². The first-order valence-electron chi connectivity index (χ1n) is 23.3. The van der Waals surface area contributed by atoms with Crippen molar-refractivity contribution in [3.8, 4) is 0 Å². The van der Waals surface area contributed by atoms with Crippen LogP contribution in [0.1, 0.15) is 274 Å². The third kappa shape index (κ3) is 29.5. The predicted octanol–water partition coefficient (Wildman–Crippen LogP) is 17.7. The van der Waals surface area contributed by atoms with E-state index in [1.165, 1.54) is 256 Å². The van der Waals surface area contributed by atoms with E-state index in [0.29, 0.717) is 0 Å². The van der Waals surface area contributed by atoms with E-state index in [4.69, 9.17) is 0 Å². The van der Waals surface area contributed by atoms with E-state index in [2.05, 4.69) is 39.8 Å². The van der Waals surface area contributed by atoms with Crippen LogP contribution < -0.4 is 0 Å². The molecule has 0 aromatic heterocycles. The van der Waals surface area contributed by atoms with Gasteiger partial charge in [-0.2, -0.15) is 0 Å². The molecular weight excluding hydrogens is 589 g/mol. The maximum Gasteiger partial charge on any atom is -0.0273 e. The molecule has 0 N–H and O–H groups in total. The van der Waals surface area contributed by atoms with Gasteiger partial charge in [-0.1, -0.05) is 250 Å². The lowest BCUT2D eigenvalue weighted by Gasteiger charge is -2.17. The zero-order valence-corrected chi connectivity index (χ0v) is 34.7. The molecule has 0 bridgehead atoms. The minimum atomic E-state index is 1.32. The van der Waals surface area contributed by atoms with Crippen LogP contribution in [0, 0.1) is 6.92 Å². The Morgan fingerprint density at radius 2 is 0.469 bits per heavy atom. The highest BCUT2D eigenvalue weighted by atomic mass is 14.2. The van der Waals surface area contributed by atoms with E-state index in [1.54, 1.807) is 16.7 Å². The van der Waals surface area contributed by atoms with Gasteiger partial charge in [0.2, 0.25) is 0 Å². The van der Waals surface area contributed by atoms with Gasteiger partial charge < -0.3 is 0 Å². The molecule has 0 saturated carbocycles. The fraction of sp³-hybridized carbons (Fsp3) is 0.878. The Morgan fingerprint density at radius 3 is 0.714 bits per heavy atom. The first-order valence-corrected chi connectivity index (χ1v) is 23.3. The molecule has 0 nitrogen and oxygen atoms in total. The Bertz CT molecular complexity index is 740. The number of rotatable bonds is 39. The average molecular weight is 681 g/mol. The molecule has 0 spiro atoms. The number of aryl methyl sites for hydroxylation is 3. The zero-order chi connectivity index (χ0) is 35.3. The van der Waals surface area contributed by atoms with Crippen LogP contribution in [0.25, 0.3) is 0 Å². The Morgan fingerprint density at radius 1 is 0.265 bits per heavy atom. The van der Waals surface area contributed by atoms with Gasteiger partial charge >= 0.3 is 0 Å². The number of hydrogen-bond donors (Lipinski definition) is 0. The first-order chi connectivity index (χ1) is 24.2. The molecule has 0 aliphatic heterocycles. The fourth-order valence-electron chi connectivity index (χ4n) is 8.19. The minimum Gasteiger partial charge on any atom is -0.0654 e. The fourth-order valence-corrected chi connectivity index (χ4v) is 8.19. The van der Waals surface area contributed by atoms with Gasteiger partial charge in [0.25, 0.3) is 0 Å². The average Bonchev–Trinajstić information content (AvgIpc) is 3.10. The number of benzene rings is 1. The van der Waals surface area contributed by atoms with Crippen molar-refractivity contribution in [2.75, 3.05) is 0 Å². The van der Waals surface area contributed by atoms with Crippen LogP contribution in [-0.4, -0.2) is 0 Å². The Balaban J connectivity index is 2.44. The van der Waals surface area contributed by atoms with E-state index in [1.807, 2.05) is 0 Å². The molecule has 0 radical (unpaired) electrons. The Labute approximate surface area is 311 Å². The lowest BCUT2D eigenvalue weighted by Crippen LogP contribution is -2.03. The van der Waals surface area contributed by atoms with Crippen molar-refractivity contribution < 1.29 is 0 Å². The van der Waals surface area contributed by atoms with Crippen LogP contribution in [0.15, 0.2) is 12.1 Å². The summed E-state index contributed by atoms with van der Waals surface area (Å²) < 4.78 is 0. The predicted molar refractivity (Wildman–Crippen MR) is 226 cm³/mol. The molecule has 1 aromatic rings. The van der Waals surface area contributed by atoms with Crippen molar-refractivity contribution in [1.29, 1.82) is 0 Å². The van der Waals surface area contributed by atoms with Crippen molar-refractivity contribution in [2.45, 2.75) is 278 Å². The summed E-state index contributed by atoms with van der Waals surface area (Å²) >= 11 is 0. The van der Waals surface area contributed by atoms with Crippen molar-refractivity contribution in [1.82, 2.24) is 0 Å². The second kappa shape index (κ2) is 37.0. The van der Waals surface area contributed by atoms with Gasteiger partial charge in [0, 0.05) is 0 Å². The van der Waals surface area contributed by atoms with Gasteiger partial charge in [0.1, 0.15) is 0 Å². The van der Waals surface area contributed by atoms with Crippen molar-refractivity contribution in [2.24, 2.45) is 0 Å². The third-order valence-corrected chi connectivity index (χ3v) is 11.5. The van der Waals surface area contributed by atoms with Crippen molar-refractivity contribution in [3.05, 3.63) is 34.4 Å². The molecule has 0 heterocycles. The molecule has 0 fully saturated rings. The molecule has 0 unspecified atom stereocenters. The molecule has 0 saturated heterocycles. The maximum atomic E-state index is 2.58. The summed E-state index contributed by atoms with van der Waals surface area (Å²) in [5.74, 6) is 0. The van der Waals surface area contributed by atoms with Crippen LogP contribution >= 0.6 is 0 Å². The van der Waals surface area contributed by atoms with Crippen LogP contribution in [0.4, 0.5) is 0 Å². The van der Waals surface area contributed by atoms with Gasteiger partial charge in [-0.3, -0.25) is 0 Å². The largest absolute Gasteiger partial charge is 0.0654 e. The molecular formula is C49H92. The summed E-state index contributed by atoms with van der Waals surface area (Å²) in [6.07, 6.45) is 55.9. The summed E-state index contributed by atoms with van der Waals surface area (Å²) in [7, 11) is 0. The lowest BCUT2D eigenvalue weighted by molar-refractivity contribution is 0.540. The highest BCUT2D eigenvalue weighted by Crippen LogP contribution is 2.26. The molecule has 0 heteroatoms. The van der Waals surface area contributed by atoms with E-state index < -0.39 is 0 Å². The summed E-state index contributed by atoms with van der Waals surface area (Å²) in [6, 6.07) is 5.17. The first kappa shape index (κ1) is 46.2. The van der Waals surface area contributed by atoms with E-state index >= 15 is 0 Å². The molecule has 288 valence electrons. The van der Waals surface area contributed by atoms with Gasteiger partial charge in [0.05, 0.1) is 0 Å². The van der Waals surface area contributed by atoms with Crippen molar-refractivity contribution in [3.63, 3.8) is 0 Å². The summed E-state index contributed by atoms with van der Waals surface area (Å²) in [6.45, 7) is 9.32. The smallest absolute Gasteiger partial charge is 0.0273 e. The van der Waals surface area contributed by atoms with Gasteiger partial charge in [-0.15, -0.1) is 0 Å². The topological polar surface area (TPSA) is 0 Å².